The number of hydrogen-bond donors (Lipinski definition) is 1. The maximum atomic E-state index is 13.4. The number of carbonyl (C=O) groups excluding carboxylic acids is 1. The molecular formula is C31H55NO3. The fourth-order valence-corrected chi connectivity index (χ4v) is 9.28. The van der Waals surface area contributed by atoms with Gasteiger partial charge in [0.1, 0.15) is 11.8 Å². The van der Waals surface area contributed by atoms with Crippen LogP contribution in [0.5, 0.6) is 0 Å². The van der Waals surface area contributed by atoms with Gasteiger partial charge in [-0.25, -0.2) is 0 Å². The Hall–Kier alpha value is -0.900. The second-order valence-corrected chi connectivity index (χ2v) is 14.0. The highest BCUT2D eigenvalue weighted by Gasteiger charge is 2.59. The van der Waals surface area contributed by atoms with E-state index < -0.39 is 12.0 Å². The Kier molecular flexibility index (Phi) is 9.20. The van der Waals surface area contributed by atoms with Crippen LogP contribution in [0.3, 0.4) is 0 Å². The largest absolute Gasteiger partial charge is 0.480 e. The number of likely N-dealkylation sites (N-methyl/N-ethyl adjacent to an activating group) is 1. The molecule has 0 radical (unpaired) electrons. The number of hydrogen-bond acceptors (Lipinski definition) is 3. The van der Waals surface area contributed by atoms with Gasteiger partial charge < -0.3 is 5.11 Å². The molecule has 4 heteroatoms. The highest BCUT2D eigenvalue weighted by molar-refractivity contribution is 5.85. The van der Waals surface area contributed by atoms with Crippen LogP contribution in [0, 0.1) is 52.3 Å². The van der Waals surface area contributed by atoms with Gasteiger partial charge >= 0.3 is 5.97 Å². The van der Waals surface area contributed by atoms with Crippen molar-refractivity contribution in [2.75, 3.05) is 14.1 Å². The van der Waals surface area contributed by atoms with Crippen LogP contribution >= 0.6 is 0 Å². The molecule has 0 aliphatic heterocycles. The van der Waals surface area contributed by atoms with Gasteiger partial charge in [-0.1, -0.05) is 60.8 Å². The van der Waals surface area contributed by atoms with Crippen molar-refractivity contribution in [1.82, 2.24) is 4.90 Å². The first-order chi connectivity index (χ1) is 16.3. The molecule has 0 saturated heterocycles. The summed E-state index contributed by atoms with van der Waals surface area (Å²) in [4.78, 5) is 27.1. The molecule has 0 heterocycles. The third-order valence-electron chi connectivity index (χ3n) is 11.3. The predicted octanol–water partition coefficient (Wildman–Crippen LogP) is 7.31. The summed E-state index contributed by atoms with van der Waals surface area (Å²) in [5, 5.41) is 9.73. The lowest BCUT2D eigenvalue weighted by molar-refractivity contribution is -0.147. The topological polar surface area (TPSA) is 57.6 Å². The Bertz CT molecular complexity index is 748. The Labute approximate surface area is 216 Å². The number of ketones is 1. The van der Waals surface area contributed by atoms with E-state index in [1.165, 1.54) is 44.9 Å². The maximum absolute atomic E-state index is 13.4. The zero-order chi connectivity index (χ0) is 26.1. The standard InChI is InChI=1S/C31H55NO3/c1-20(2)10-9-11-21(3)24-13-14-25-23-12-15-27(33)31(6,26(23)17-19-30(24,25)5)18-16-22(4)28(29(34)35)32(7)8/h20-26,28H,9-19H2,1-8H3,(H,34,35)/t21-,22?,23+,24-,25+,26+,28+,30-,31-/m1/s1. The molecule has 3 aliphatic carbocycles. The lowest BCUT2D eigenvalue weighted by atomic mass is 9.47. The number of nitrogens with zero attached hydrogens (tertiary/aromatic N) is 1. The molecule has 3 fully saturated rings. The first-order valence-corrected chi connectivity index (χ1v) is 14.8. The fraction of sp³-hybridized carbons (Fsp3) is 0.935. The molecule has 1 unspecified atom stereocenters. The Morgan fingerprint density at radius 2 is 1.69 bits per heavy atom. The number of fused-ring (bicyclic) bond motifs is 3. The van der Waals surface area contributed by atoms with Crippen LogP contribution in [0.4, 0.5) is 0 Å². The summed E-state index contributed by atoms with van der Waals surface area (Å²) >= 11 is 0. The molecule has 0 aromatic rings. The number of Topliss-reactive ketones (excluding diaryl/α,β-unsaturated/α-hetero) is 1. The second-order valence-electron chi connectivity index (χ2n) is 14.0. The van der Waals surface area contributed by atoms with E-state index in [9.17, 15) is 14.7 Å². The molecule has 3 saturated carbocycles. The smallest absolute Gasteiger partial charge is 0.321 e. The van der Waals surface area contributed by atoms with Gasteiger partial charge in [-0.05, 0) is 106 Å². The van der Waals surface area contributed by atoms with Crippen molar-refractivity contribution >= 4 is 11.8 Å². The van der Waals surface area contributed by atoms with E-state index in [4.69, 9.17) is 0 Å². The maximum Gasteiger partial charge on any atom is 0.321 e. The van der Waals surface area contributed by atoms with E-state index in [1.807, 2.05) is 25.9 Å². The lowest BCUT2D eigenvalue weighted by Gasteiger charge is -2.56. The molecule has 3 rings (SSSR count). The molecule has 202 valence electrons. The number of aliphatic carboxylic acids is 1. The van der Waals surface area contributed by atoms with Gasteiger partial charge in [-0.15, -0.1) is 0 Å². The first kappa shape index (κ1) is 28.7. The Morgan fingerprint density at radius 1 is 1.00 bits per heavy atom. The van der Waals surface area contributed by atoms with Gasteiger partial charge in [0.15, 0.2) is 0 Å². The molecule has 0 amide bonds. The summed E-state index contributed by atoms with van der Waals surface area (Å²) in [6.07, 6.45) is 12.7. The van der Waals surface area contributed by atoms with E-state index in [2.05, 4.69) is 34.6 Å². The van der Waals surface area contributed by atoms with Crippen LogP contribution in [0.1, 0.15) is 112 Å². The van der Waals surface area contributed by atoms with Gasteiger partial charge in [0, 0.05) is 11.8 Å². The van der Waals surface area contributed by atoms with E-state index in [1.54, 1.807) is 0 Å². The van der Waals surface area contributed by atoms with Crippen LogP contribution in [0.2, 0.25) is 0 Å². The molecule has 1 N–H and O–H groups in total. The number of carboxylic acid groups (broad SMARTS) is 1. The van der Waals surface area contributed by atoms with Crippen LogP contribution in [-0.2, 0) is 9.59 Å². The predicted molar refractivity (Wildman–Crippen MR) is 144 cm³/mol. The van der Waals surface area contributed by atoms with Crippen LogP contribution in [-0.4, -0.2) is 41.9 Å². The summed E-state index contributed by atoms with van der Waals surface area (Å²) < 4.78 is 0. The van der Waals surface area contributed by atoms with Crippen LogP contribution in [0.15, 0.2) is 0 Å². The zero-order valence-electron chi connectivity index (χ0n) is 24.1. The van der Waals surface area contributed by atoms with Gasteiger partial charge in [0.05, 0.1) is 0 Å². The molecule has 0 aromatic carbocycles. The van der Waals surface area contributed by atoms with E-state index in [-0.39, 0.29) is 11.3 Å². The summed E-state index contributed by atoms with van der Waals surface area (Å²) in [5.41, 5.74) is 0.154. The summed E-state index contributed by atoms with van der Waals surface area (Å²) in [6.45, 7) is 14.1. The van der Waals surface area contributed by atoms with Crippen molar-refractivity contribution in [2.45, 2.75) is 118 Å². The lowest BCUT2D eigenvalue weighted by Crippen LogP contribution is -2.53. The number of carboxylic acids is 1. The molecule has 35 heavy (non-hydrogen) atoms. The van der Waals surface area contributed by atoms with Crippen molar-refractivity contribution < 1.29 is 14.7 Å². The van der Waals surface area contributed by atoms with E-state index in [0.29, 0.717) is 23.0 Å². The second kappa shape index (κ2) is 11.2. The molecule has 3 aliphatic rings. The molecule has 0 bridgehead atoms. The van der Waals surface area contributed by atoms with Gasteiger partial charge in [0.2, 0.25) is 0 Å². The minimum absolute atomic E-state index is 0.0314. The third kappa shape index (κ3) is 5.68. The number of rotatable bonds is 11. The van der Waals surface area contributed by atoms with E-state index >= 15 is 0 Å². The molecule has 0 aromatic heterocycles. The summed E-state index contributed by atoms with van der Waals surface area (Å²) in [7, 11) is 3.70. The Morgan fingerprint density at radius 3 is 2.29 bits per heavy atom. The quantitative estimate of drug-likeness (QED) is 0.330. The summed E-state index contributed by atoms with van der Waals surface area (Å²) in [6, 6.07) is -0.490. The first-order valence-electron chi connectivity index (χ1n) is 14.8. The molecule has 4 nitrogen and oxygen atoms in total. The highest BCUT2D eigenvalue weighted by atomic mass is 16.4. The van der Waals surface area contributed by atoms with Crippen molar-refractivity contribution in [3.8, 4) is 0 Å². The van der Waals surface area contributed by atoms with Gasteiger partial charge in [-0.2, -0.15) is 0 Å². The average Bonchev–Trinajstić information content (AvgIpc) is 3.11. The Balaban J connectivity index is 1.71. The molecule has 9 atom stereocenters. The van der Waals surface area contributed by atoms with Crippen molar-refractivity contribution in [3.63, 3.8) is 0 Å². The van der Waals surface area contributed by atoms with Gasteiger partial charge in [-0.3, -0.25) is 14.5 Å². The van der Waals surface area contributed by atoms with Gasteiger partial charge in [0.25, 0.3) is 0 Å². The SMILES string of the molecule is CC(C)CCC[C@@H](C)[C@H]1CC[C@H]2[C@@H]3CCC(=O)[C@](C)(CCC(C)[C@@H](C(=O)O)N(C)C)[C@H]3CC[C@]12C. The zero-order valence-corrected chi connectivity index (χ0v) is 24.1. The minimum Gasteiger partial charge on any atom is -0.480 e. The third-order valence-corrected chi connectivity index (χ3v) is 11.3. The highest BCUT2D eigenvalue weighted by Crippen LogP contribution is 2.66. The van der Waals surface area contributed by atoms with Crippen molar-refractivity contribution in [3.05, 3.63) is 0 Å². The van der Waals surface area contributed by atoms with Crippen LogP contribution in [0.25, 0.3) is 0 Å². The van der Waals surface area contributed by atoms with E-state index in [0.717, 1.165) is 49.4 Å². The molecular weight excluding hydrogens is 434 g/mol. The fourth-order valence-electron chi connectivity index (χ4n) is 9.28. The van der Waals surface area contributed by atoms with Crippen molar-refractivity contribution in [2.24, 2.45) is 52.3 Å². The minimum atomic E-state index is -0.756. The average molecular weight is 490 g/mol. The van der Waals surface area contributed by atoms with Crippen LogP contribution < -0.4 is 0 Å². The van der Waals surface area contributed by atoms with Crippen molar-refractivity contribution in [1.29, 1.82) is 0 Å². The molecule has 0 spiro atoms. The summed E-state index contributed by atoms with van der Waals surface area (Å²) in [5.74, 6) is 4.07. The normalized spacial score (nSPS) is 37.7. The number of carbonyl (C=O) groups is 2. The monoisotopic (exact) mass is 489 g/mol.